The lowest BCUT2D eigenvalue weighted by Crippen LogP contribution is -2.39. The summed E-state index contributed by atoms with van der Waals surface area (Å²) in [7, 11) is 3.06. The van der Waals surface area contributed by atoms with Gasteiger partial charge in [-0.2, -0.15) is 0 Å². The number of carbonyl (C=O) groups excluding carboxylic acids is 1. The molecule has 0 bridgehead atoms. The number of aliphatic hydroxyl groups is 1. The fourth-order valence-electron chi connectivity index (χ4n) is 1.99. The number of hydrogen-bond acceptors (Lipinski definition) is 5. The number of nitro groups is 1. The zero-order chi connectivity index (χ0) is 15.5. The van der Waals surface area contributed by atoms with Crippen LogP contribution in [0.5, 0.6) is 0 Å². The number of anilines is 1. The minimum absolute atomic E-state index is 0.123. The van der Waals surface area contributed by atoms with Crippen LogP contribution < -0.4 is 5.32 Å². The molecule has 0 saturated heterocycles. The Morgan fingerprint density at radius 2 is 2.10 bits per heavy atom. The van der Waals surface area contributed by atoms with Crippen molar-refractivity contribution in [1.82, 2.24) is 4.90 Å². The summed E-state index contributed by atoms with van der Waals surface area (Å²) in [5.41, 5.74) is -0.821. The third kappa shape index (κ3) is 3.67. The zero-order valence-corrected chi connectivity index (χ0v) is 12.0. The first-order chi connectivity index (χ1) is 9.17. The fourth-order valence-corrected chi connectivity index (χ4v) is 1.99. The van der Waals surface area contributed by atoms with Crippen LogP contribution in [0.25, 0.3) is 0 Å². The second-order valence-corrected chi connectivity index (χ2v) is 5.18. The van der Waals surface area contributed by atoms with Crippen LogP contribution in [0, 0.1) is 10.1 Å². The van der Waals surface area contributed by atoms with E-state index in [1.807, 2.05) is 0 Å². The van der Waals surface area contributed by atoms with Gasteiger partial charge in [0.2, 0.25) is 0 Å². The number of likely N-dealkylation sites (N-methyl/N-ethyl adjacent to an activating group) is 1. The van der Waals surface area contributed by atoms with E-state index in [-0.39, 0.29) is 29.4 Å². The quantitative estimate of drug-likeness (QED) is 0.629. The second kappa shape index (κ2) is 5.87. The molecule has 7 heteroatoms. The number of para-hydroxylation sites is 1. The van der Waals surface area contributed by atoms with E-state index >= 15 is 0 Å². The lowest BCUT2D eigenvalue weighted by Gasteiger charge is -2.26. The Hall–Kier alpha value is -2.15. The SMILES string of the molecule is CNc1c(C(=O)N(C)CC(C)(C)O)cccc1[N+](=O)[O-]. The van der Waals surface area contributed by atoms with Crippen LogP contribution in [0.15, 0.2) is 18.2 Å². The van der Waals surface area contributed by atoms with Gasteiger partial charge in [0.1, 0.15) is 5.69 Å². The molecule has 1 amide bonds. The van der Waals surface area contributed by atoms with Gasteiger partial charge >= 0.3 is 0 Å². The van der Waals surface area contributed by atoms with Crippen molar-refractivity contribution >= 4 is 17.3 Å². The molecule has 0 heterocycles. The minimum atomic E-state index is -1.04. The number of nitrogens with zero attached hydrogens (tertiary/aromatic N) is 2. The van der Waals surface area contributed by atoms with Gasteiger partial charge in [-0.1, -0.05) is 6.07 Å². The van der Waals surface area contributed by atoms with E-state index in [1.165, 1.54) is 30.1 Å². The molecule has 110 valence electrons. The van der Waals surface area contributed by atoms with Crippen molar-refractivity contribution in [3.63, 3.8) is 0 Å². The maximum Gasteiger partial charge on any atom is 0.293 e. The van der Waals surface area contributed by atoms with Crippen molar-refractivity contribution < 1.29 is 14.8 Å². The van der Waals surface area contributed by atoms with Crippen LogP contribution in [0.2, 0.25) is 0 Å². The van der Waals surface area contributed by atoms with Gasteiger partial charge in [-0.15, -0.1) is 0 Å². The van der Waals surface area contributed by atoms with Crippen LogP contribution in [-0.2, 0) is 0 Å². The van der Waals surface area contributed by atoms with Gasteiger partial charge < -0.3 is 15.3 Å². The van der Waals surface area contributed by atoms with Crippen LogP contribution in [-0.4, -0.2) is 47.1 Å². The average Bonchev–Trinajstić information content (AvgIpc) is 2.34. The molecule has 0 saturated carbocycles. The standard InChI is InChI=1S/C13H19N3O4/c1-13(2,18)8-15(4)12(17)9-6-5-7-10(16(19)20)11(9)14-3/h5-7,14,18H,8H2,1-4H3. The summed E-state index contributed by atoms with van der Waals surface area (Å²) in [5.74, 6) is -0.389. The molecular weight excluding hydrogens is 262 g/mol. The highest BCUT2D eigenvalue weighted by Crippen LogP contribution is 2.28. The van der Waals surface area contributed by atoms with Gasteiger partial charge in [-0.3, -0.25) is 14.9 Å². The van der Waals surface area contributed by atoms with Crippen LogP contribution in [0.3, 0.4) is 0 Å². The highest BCUT2D eigenvalue weighted by Gasteiger charge is 2.25. The summed E-state index contributed by atoms with van der Waals surface area (Å²) in [6.45, 7) is 3.30. The summed E-state index contributed by atoms with van der Waals surface area (Å²) in [6, 6.07) is 4.31. The number of rotatable bonds is 5. The molecule has 0 fully saturated rings. The summed E-state index contributed by atoms with van der Waals surface area (Å²) in [6.07, 6.45) is 0. The number of benzene rings is 1. The monoisotopic (exact) mass is 281 g/mol. The van der Waals surface area contributed by atoms with E-state index in [4.69, 9.17) is 0 Å². The lowest BCUT2D eigenvalue weighted by molar-refractivity contribution is -0.384. The van der Waals surface area contributed by atoms with Crippen molar-refractivity contribution in [3.8, 4) is 0 Å². The van der Waals surface area contributed by atoms with Crippen LogP contribution >= 0.6 is 0 Å². The smallest absolute Gasteiger partial charge is 0.293 e. The maximum atomic E-state index is 12.3. The Morgan fingerprint density at radius 3 is 2.55 bits per heavy atom. The summed E-state index contributed by atoms with van der Waals surface area (Å²) < 4.78 is 0. The molecule has 0 spiro atoms. The second-order valence-electron chi connectivity index (χ2n) is 5.18. The molecule has 2 N–H and O–H groups in total. The van der Waals surface area contributed by atoms with Gasteiger partial charge in [0.05, 0.1) is 16.1 Å². The summed E-state index contributed by atoms with van der Waals surface area (Å²) in [4.78, 5) is 24.1. The first kappa shape index (κ1) is 15.9. The Morgan fingerprint density at radius 1 is 1.50 bits per heavy atom. The van der Waals surface area contributed by atoms with Crippen LogP contribution in [0.4, 0.5) is 11.4 Å². The molecular formula is C13H19N3O4. The highest BCUT2D eigenvalue weighted by atomic mass is 16.6. The fraction of sp³-hybridized carbons (Fsp3) is 0.462. The molecule has 0 aromatic heterocycles. The molecule has 1 rings (SSSR count). The summed E-state index contributed by atoms with van der Waals surface area (Å²) >= 11 is 0. The van der Waals surface area contributed by atoms with E-state index < -0.39 is 10.5 Å². The van der Waals surface area contributed by atoms with Crippen molar-refractivity contribution in [2.75, 3.05) is 26.0 Å². The molecule has 0 radical (unpaired) electrons. The number of nitrogens with one attached hydrogen (secondary N) is 1. The Bertz CT molecular complexity index is 523. The highest BCUT2D eigenvalue weighted by molar-refractivity contribution is 6.01. The molecule has 7 nitrogen and oxygen atoms in total. The van der Waals surface area contributed by atoms with Gasteiger partial charge in [0.15, 0.2) is 0 Å². The van der Waals surface area contributed by atoms with Gasteiger partial charge in [0, 0.05) is 26.7 Å². The van der Waals surface area contributed by atoms with E-state index in [0.717, 1.165) is 0 Å². The minimum Gasteiger partial charge on any atom is -0.389 e. The van der Waals surface area contributed by atoms with E-state index in [1.54, 1.807) is 20.9 Å². The first-order valence-corrected chi connectivity index (χ1v) is 6.10. The van der Waals surface area contributed by atoms with Gasteiger partial charge in [-0.05, 0) is 19.9 Å². The van der Waals surface area contributed by atoms with Crippen molar-refractivity contribution in [2.45, 2.75) is 19.4 Å². The van der Waals surface area contributed by atoms with E-state index in [0.29, 0.717) is 0 Å². The van der Waals surface area contributed by atoms with Crippen molar-refractivity contribution in [2.24, 2.45) is 0 Å². The molecule has 1 aromatic carbocycles. The molecule has 0 atom stereocenters. The zero-order valence-electron chi connectivity index (χ0n) is 12.0. The topological polar surface area (TPSA) is 95.7 Å². The largest absolute Gasteiger partial charge is 0.389 e. The molecule has 0 unspecified atom stereocenters. The maximum absolute atomic E-state index is 12.3. The molecule has 20 heavy (non-hydrogen) atoms. The first-order valence-electron chi connectivity index (χ1n) is 6.10. The molecule has 0 aliphatic carbocycles. The van der Waals surface area contributed by atoms with E-state index in [9.17, 15) is 20.0 Å². The Labute approximate surface area is 117 Å². The lowest BCUT2D eigenvalue weighted by atomic mass is 10.1. The third-order valence-corrected chi connectivity index (χ3v) is 2.69. The number of carbonyl (C=O) groups is 1. The van der Waals surface area contributed by atoms with Crippen LogP contribution in [0.1, 0.15) is 24.2 Å². The predicted molar refractivity (Wildman–Crippen MR) is 75.9 cm³/mol. The Kier molecular flexibility index (Phi) is 4.67. The molecule has 0 aliphatic heterocycles. The van der Waals surface area contributed by atoms with Gasteiger partial charge in [-0.25, -0.2) is 0 Å². The normalized spacial score (nSPS) is 11.1. The third-order valence-electron chi connectivity index (χ3n) is 2.69. The van der Waals surface area contributed by atoms with Crippen molar-refractivity contribution in [1.29, 1.82) is 0 Å². The van der Waals surface area contributed by atoms with Crippen molar-refractivity contribution in [3.05, 3.63) is 33.9 Å². The molecule has 0 aliphatic rings. The Balaban J connectivity index is 3.16. The number of nitro benzene ring substituents is 1. The molecule has 1 aromatic rings. The number of hydrogen-bond donors (Lipinski definition) is 2. The average molecular weight is 281 g/mol. The van der Waals surface area contributed by atoms with Gasteiger partial charge in [0.25, 0.3) is 11.6 Å². The predicted octanol–water partition coefficient (Wildman–Crippen LogP) is 1.48. The number of amides is 1. The summed E-state index contributed by atoms with van der Waals surface area (Å²) in [5, 5.41) is 23.4. The van der Waals surface area contributed by atoms with E-state index in [2.05, 4.69) is 5.32 Å².